The first kappa shape index (κ1) is 28.3. The van der Waals surface area contributed by atoms with Crippen LogP contribution < -0.4 is 14.4 Å². The Morgan fingerprint density at radius 1 is 1.11 bits per heavy atom. The van der Waals surface area contributed by atoms with Crippen LogP contribution in [0.15, 0.2) is 30.3 Å². The van der Waals surface area contributed by atoms with Crippen LogP contribution in [0.5, 0.6) is 11.9 Å². The number of nitrogens with zero attached hydrogens (tertiary/aromatic N) is 5. The molecule has 11 heteroatoms. The SMILES string of the molecule is C#Cc1c(F)ccc2cccc(-c3nc4c5c(nc(OC[C@@]67CCCN6C[C@H](F)C7)nc5c3F)N(C3(CO)CC3)[C@@H](C)CO4)c12. The van der Waals surface area contributed by atoms with Crippen LogP contribution in [0.4, 0.5) is 19.0 Å². The van der Waals surface area contributed by atoms with Crippen LogP contribution in [0.2, 0.25) is 0 Å². The number of terminal acetylenes is 1. The van der Waals surface area contributed by atoms with Crippen LogP contribution in [-0.2, 0) is 0 Å². The van der Waals surface area contributed by atoms with E-state index in [0.29, 0.717) is 35.1 Å². The number of anilines is 1. The fourth-order valence-electron chi connectivity index (χ4n) is 7.76. The molecule has 2 aromatic heterocycles. The molecule has 0 amide bonds. The smallest absolute Gasteiger partial charge is 0.319 e. The summed E-state index contributed by atoms with van der Waals surface area (Å²) in [5.41, 5.74) is -0.913. The molecule has 3 fully saturated rings. The first-order chi connectivity index (χ1) is 21.8. The number of alkyl halides is 1. The topological polar surface area (TPSA) is 83.8 Å². The molecule has 1 N–H and O–H groups in total. The number of hydrogen-bond acceptors (Lipinski definition) is 8. The van der Waals surface area contributed by atoms with Crippen molar-refractivity contribution in [3.63, 3.8) is 0 Å². The molecule has 3 atom stereocenters. The molecule has 0 unspecified atom stereocenters. The van der Waals surface area contributed by atoms with E-state index in [4.69, 9.17) is 20.9 Å². The van der Waals surface area contributed by atoms with Crippen LogP contribution in [0.1, 0.15) is 44.6 Å². The van der Waals surface area contributed by atoms with E-state index in [-0.39, 0.29) is 59.9 Å². The highest BCUT2D eigenvalue weighted by molar-refractivity contribution is 6.03. The Bertz CT molecular complexity index is 1910. The number of hydrogen-bond donors (Lipinski definition) is 1. The molecule has 1 aliphatic carbocycles. The second-order valence-corrected chi connectivity index (χ2v) is 12.9. The number of fused-ring (bicyclic) bond motifs is 2. The normalized spacial score (nSPS) is 25.2. The van der Waals surface area contributed by atoms with Crippen LogP contribution in [0, 0.1) is 24.0 Å². The molecule has 2 saturated heterocycles. The van der Waals surface area contributed by atoms with Gasteiger partial charge in [-0.2, -0.15) is 9.97 Å². The van der Waals surface area contributed by atoms with Crippen LogP contribution in [-0.4, -0.2) is 81.2 Å². The minimum atomic E-state index is -0.934. The van der Waals surface area contributed by atoms with E-state index in [2.05, 4.69) is 20.8 Å². The Kier molecular flexibility index (Phi) is 6.42. The molecule has 8 nitrogen and oxygen atoms in total. The largest absolute Gasteiger partial charge is 0.475 e. The van der Waals surface area contributed by atoms with Crippen LogP contribution in [0.25, 0.3) is 32.9 Å². The number of pyridine rings is 1. The molecule has 2 aromatic carbocycles. The number of aromatic nitrogens is 3. The number of rotatable bonds is 6. The van der Waals surface area contributed by atoms with Gasteiger partial charge in [-0.3, -0.25) is 4.90 Å². The van der Waals surface area contributed by atoms with E-state index in [9.17, 15) is 13.9 Å². The second-order valence-electron chi connectivity index (χ2n) is 12.9. The summed E-state index contributed by atoms with van der Waals surface area (Å²) >= 11 is 0. The van der Waals surface area contributed by atoms with Gasteiger partial charge in [-0.1, -0.05) is 30.2 Å². The number of aliphatic hydroxyl groups is 1. The van der Waals surface area contributed by atoms with E-state index in [0.717, 1.165) is 32.2 Å². The minimum Gasteiger partial charge on any atom is -0.475 e. The Morgan fingerprint density at radius 3 is 2.73 bits per heavy atom. The number of halogens is 3. The zero-order valence-electron chi connectivity index (χ0n) is 24.8. The Labute approximate surface area is 258 Å². The lowest BCUT2D eigenvalue weighted by Crippen LogP contribution is -2.48. The first-order valence-electron chi connectivity index (χ1n) is 15.4. The summed E-state index contributed by atoms with van der Waals surface area (Å²) < 4.78 is 58.8. The zero-order chi connectivity index (χ0) is 31.1. The van der Waals surface area contributed by atoms with Crippen molar-refractivity contribution >= 4 is 27.5 Å². The predicted molar refractivity (Wildman–Crippen MR) is 163 cm³/mol. The maximum atomic E-state index is 16.9. The summed E-state index contributed by atoms with van der Waals surface area (Å²) in [6.45, 7) is 3.36. The van der Waals surface area contributed by atoms with Crippen molar-refractivity contribution < 1.29 is 27.8 Å². The molecule has 8 rings (SSSR count). The van der Waals surface area contributed by atoms with Crippen LogP contribution in [0.3, 0.4) is 0 Å². The first-order valence-corrected chi connectivity index (χ1v) is 15.4. The van der Waals surface area contributed by atoms with Gasteiger partial charge in [-0.25, -0.2) is 18.2 Å². The van der Waals surface area contributed by atoms with E-state index >= 15 is 4.39 Å². The molecule has 3 aliphatic heterocycles. The molecular weight excluding hydrogens is 583 g/mol. The molecule has 0 radical (unpaired) electrons. The third kappa shape index (κ3) is 4.26. The van der Waals surface area contributed by atoms with Crippen molar-refractivity contribution in [3.05, 3.63) is 47.5 Å². The lowest BCUT2D eigenvalue weighted by molar-refractivity contribution is 0.107. The number of ether oxygens (including phenoxy) is 2. The van der Waals surface area contributed by atoms with E-state index in [1.54, 1.807) is 24.3 Å². The fraction of sp³-hybridized carbons (Fsp3) is 0.441. The van der Waals surface area contributed by atoms with Crippen molar-refractivity contribution in [1.29, 1.82) is 0 Å². The Hall–Kier alpha value is -4.14. The fourth-order valence-corrected chi connectivity index (χ4v) is 7.76. The summed E-state index contributed by atoms with van der Waals surface area (Å²) in [6, 6.07) is 7.72. The Balaban J connectivity index is 1.34. The van der Waals surface area contributed by atoms with Gasteiger partial charge in [-0.05, 0) is 50.6 Å². The van der Waals surface area contributed by atoms with Crippen LogP contribution >= 0.6 is 0 Å². The summed E-state index contributed by atoms with van der Waals surface area (Å²) in [5, 5.41) is 11.7. The summed E-state index contributed by atoms with van der Waals surface area (Å²) in [6.07, 6.45) is 8.34. The van der Waals surface area contributed by atoms with Gasteiger partial charge in [-0.15, -0.1) is 6.42 Å². The van der Waals surface area contributed by atoms with Gasteiger partial charge in [0.2, 0.25) is 5.88 Å². The van der Waals surface area contributed by atoms with E-state index in [1.165, 1.54) is 6.07 Å². The zero-order valence-corrected chi connectivity index (χ0v) is 24.8. The highest BCUT2D eigenvalue weighted by atomic mass is 19.1. The molecular formula is C34H32F3N5O3. The minimum absolute atomic E-state index is 0.00473. The van der Waals surface area contributed by atoms with Gasteiger partial charge in [0.1, 0.15) is 47.6 Å². The predicted octanol–water partition coefficient (Wildman–Crippen LogP) is 5.17. The molecule has 5 heterocycles. The molecule has 232 valence electrons. The van der Waals surface area contributed by atoms with Gasteiger partial charge < -0.3 is 19.5 Å². The standard InChI is InChI=1S/C34H32F3N5O3/c1-3-22-24(36)9-8-20-6-4-7-23(25(20)22)28-27(37)29-26-30(42(33(17-43)11-12-33)19(2)16-44-31(26)38-28)40-32(39-29)45-18-34-10-5-13-41(34)15-21(35)14-34/h1,4,6-9,19,21,43H,5,10-18H2,2H3/t19-,21+,34-/m0/s1. The lowest BCUT2D eigenvalue weighted by atomic mass is 9.95. The molecule has 4 aliphatic rings. The third-order valence-corrected chi connectivity index (χ3v) is 10.1. The average Bonchev–Trinajstić information content (AvgIpc) is 3.66. The molecule has 0 spiro atoms. The van der Waals surface area contributed by atoms with Crippen molar-refractivity contribution in [2.45, 2.75) is 62.3 Å². The van der Waals surface area contributed by atoms with Crippen molar-refractivity contribution in [2.24, 2.45) is 0 Å². The van der Waals surface area contributed by atoms with Gasteiger partial charge in [0.25, 0.3) is 0 Å². The molecule has 45 heavy (non-hydrogen) atoms. The number of aliphatic hydroxyl groups excluding tert-OH is 1. The molecule has 1 saturated carbocycles. The lowest BCUT2D eigenvalue weighted by Gasteiger charge is -2.36. The second kappa shape index (κ2) is 10.2. The summed E-state index contributed by atoms with van der Waals surface area (Å²) in [7, 11) is 0. The summed E-state index contributed by atoms with van der Waals surface area (Å²) in [4.78, 5) is 18.2. The van der Waals surface area contributed by atoms with Gasteiger partial charge in [0.05, 0.1) is 29.3 Å². The maximum absolute atomic E-state index is 16.9. The average molecular weight is 616 g/mol. The van der Waals surface area contributed by atoms with Gasteiger partial charge in [0, 0.05) is 23.9 Å². The highest BCUT2D eigenvalue weighted by Gasteiger charge is 2.52. The maximum Gasteiger partial charge on any atom is 0.319 e. The molecule has 4 aromatic rings. The van der Waals surface area contributed by atoms with Crippen molar-refractivity contribution in [2.75, 3.05) is 37.8 Å². The third-order valence-electron chi connectivity index (χ3n) is 10.1. The van der Waals surface area contributed by atoms with Crippen molar-refractivity contribution in [3.8, 4) is 35.5 Å². The monoisotopic (exact) mass is 615 g/mol. The quantitative estimate of drug-likeness (QED) is 0.298. The van der Waals surface area contributed by atoms with Gasteiger partial charge >= 0.3 is 6.01 Å². The van der Waals surface area contributed by atoms with Crippen molar-refractivity contribution in [1.82, 2.24) is 19.9 Å². The highest BCUT2D eigenvalue weighted by Crippen LogP contribution is 2.50. The van der Waals surface area contributed by atoms with E-state index in [1.807, 2.05) is 11.8 Å². The Morgan fingerprint density at radius 2 is 1.96 bits per heavy atom. The van der Waals surface area contributed by atoms with Gasteiger partial charge in [0.15, 0.2) is 5.82 Å². The number of benzene rings is 2. The summed E-state index contributed by atoms with van der Waals surface area (Å²) in [5.74, 6) is 1.54. The molecule has 0 bridgehead atoms. The van der Waals surface area contributed by atoms with E-state index < -0.39 is 28.9 Å².